The van der Waals surface area contributed by atoms with Crippen LogP contribution >= 0.6 is 0 Å². The van der Waals surface area contributed by atoms with Gasteiger partial charge in [-0.15, -0.1) is 0 Å². The SMILES string of the molecule is CCNc1ncc(C)c(Nc2cnn(C)c2)n1. The van der Waals surface area contributed by atoms with Gasteiger partial charge in [-0.25, -0.2) is 4.98 Å². The van der Waals surface area contributed by atoms with Crippen molar-refractivity contribution in [2.45, 2.75) is 13.8 Å². The highest BCUT2D eigenvalue weighted by Crippen LogP contribution is 2.18. The van der Waals surface area contributed by atoms with Crippen LogP contribution in [0.3, 0.4) is 0 Å². The molecule has 0 bridgehead atoms. The van der Waals surface area contributed by atoms with E-state index in [1.54, 1.807) is 17.1 Å². The molecule has 17 heavy (non-hydrogen) atoms. The molecule has 90 valence electrons. The highest BCUT2D eigenvalue weighted by Gasteiger charge is 2.04. The maximum atomic E-state index is 4.40. The lowest BCUT2D eigenvalue weighted by Crippen LogP contribution is -2.05. The molecule has 0 radical (unpaired) electrons. The van der Waals surface area contributed by atoms with Gasteiger partial charge in [0.25, 0.3) is 0 Å². The van der Waals surface area contributed by atoms with Crippen LogP contribution in [0.4, 0.5) is 17.5 Å². The Kier molecular flexibility index (Phi) is 3.22. The highest BCUT2D eigenvalue weighted by molar-refractivity contribution is 5.58. The summed E-state index contributed by atoms with van der Waals surface area (Å²) in [5.41, 5.74) is 1.91. The van der Waals surface area contributed by atoms with Gasteiger partial charge < -0.3 is 10.6 Å². The normalized spacial score (nSPS) is 10.3. The average Bonchev–Trinajstić information content (AvgIpc) is 2.69. The quantitative estimate of drug-likeness (QED) is 0.839. The summed E-state index contributed by atoms with van der Waals surface area (Å²) in [6.07, 6.45) is 5.45. The van der Waals surface area contributed by atoms with Crippen LogP contribution < -0.4 is 10.6 Å². The van der Waals surface area contributed by atoms with Crippen molar-refractivity contribution in [1.82, 2.24) is 19.7 Å². The first kappa shape index (κ1) is 11.4. The maximum absolute atomic E-state index is 4.40. The number of aromatic nitrogens is 4. The molecule has 2 aromatic heterocycles. The lowest BCUT2D eigenvalue weighted by molar-refractivity contribution is 0.768. The Balaban J connectivity index is 2.22. The summed E-state index contributed by atoms with van der Waals surface area (Å²) < 4.78 is 1.74. The second kappa shape index (κ2) is 4.82. The molecule has 0 unspecified atom stereocenters. The largest absolute Gasteiger partial charge is 0.354 e. The molecule has 6 heteroatoms. The lowest BCUT2D eigenvalue weighted by atomic mass is 10.3. The molecular formula is C11H16N6. The first-order chi connectivity index (χ1) is 8.19. The van der Waals surface area contributed by atoms with E-state index in [9.17, 15) is 0 Å². The summed E-state index contributed by atoms with van der Waals surface area (Å²) in [6, 6.07) is 0. The molecule has 2 heterocycles. The molecule has 0 spiro atoms. The minimum atomic E-state index is 0.629. The predicted octanol–water partition coefficient (Wildman–Crippen LogP) is 1.69. The summed E-state index contributed by atoms with van der Waals surface area (Å²) in [5, 5.41) is 10.4. The molecule has 0 saturated carbocycles. The topological polar surface area (TPSA) is 67.7 Å². The fourth-order valence-electron chi connectivity index (χ4n) is 1.43. The molecule has 0 atom stereocenters. The lowest BCUT2D eigenvalue weighted by Gasteiger charge is -2.08. The number of nitrogens with one attached hydrogen (secondary N) is 2. The van der Waals surface area contributed by atoms with Crippen molar-refractivity contribution >= 4 is 17.5 Å². The van der Waals surface area contributed by atoms with Crippen LogP contribution in [0.15, 0.2) is 18.6 Å². The first-order valence-corrected chi connectivity index (χ1v) is 5.52. The Morgan fingerprint density at radius 2 is 2.18 bits per heavy atom. The van der Waals surface area contributed by atoms with E-state index in [2.05, 4.69) is 25.7 Å². The second-order valence-corrected chi connectivity index (χ2v) is 3.78. The first-order valence-electron chi connectivity index (χ1n) is 5.52. The predicted molar refractivity (Wildman–Crippen MR) is 67.4 cm³/mol. The van der Waals surface area contributed by atoms with Gasteiger partial charge in [-0.3, -0.25) is 4.68 Å². The zero-order valence-corrected chi connectivity index (χ0v) is 10.2. The number of aryl methyl sites for hydroxylation is 2. The van der Waals surface area contributed by atoms with Crippen LogP contribution in [-0.4, -0.2) is 26.3 Å². The van der Waals surface area contributed by atoms with Crippen LogP contribution in [-0.2, 0) is 7.05 Å². The molecule has 2 aromatic rings. The minimum Gasteiger partial charge on any atom is -0.354 e. The number of hydrogen-bond donors (Lipinski definition) is 2. The molecule has 0 fully saturated rings. The van der Waals surface area contributed by atoms with Gasteiger partial charge in [0.1, 0.15) is 5.82 Å². The van der Waals surface area contributed by atoms with Crippen molar-refractivity contribution in [2.75, 3.05) is 17.2 Å². The van der Waals surface area contributed by atoms with E-state index in [4.69, 9.17) is 0 Å². The van der Waals surface area contributed by atoms with E-state index in [0.717, 1.165) is 23.6 Å². The molecule has 0 aliphatic rings. The molecular weight excluding hydrogens is 216 g/mol. The Bertz CT molecular complexity index is 504. The fourth-order valence-corrected chi connectivity index (χ4v) is 1.43. The van der Waals surface area contributed by atoms with Crippen LogP contribution in [0.2, 0.25) is 0 Å². The van der Waals surface area contributed by atoms with Gasteiger partial charge in [-0.1, -0.05) is 0 Å². The minimum absolute atomic E-state index is 0.629. The third-order valence-corrected chi connectivity index (χ3v) is 2.27. The van der Waals surface area contributed by atoms with Crippen LogP contribution in [0.1, 0.15) is 12.5 Å². The van der Waals surface area contributed by atoms with Gasteiger partial charge >= 0.3 is 0 Å². The molecule has 0 aromatic carbocycles. The fraction of sp³-hybridized carbons (Fsp3) is 0.364. The van der Waals surface area contributed by atoms with Gasteiger partial charge in [0.05, 0.1) is 11.9 Å². The summed E-state index contributed by atoms with van der Waals surface area (Å²) in [4.78, 5) is 8.59. The Labute approximate surface area is 100 Å². The van der Waals surface area contributed by atoms with Crippen molar-refractivity contribution in [3.63, 3.8) is 0 Å². The van der Waals surface area contributed by atoms with Crippen LogP contribution in [0.5, 0.6) is 0 Å². The van der Waals surface area contributed by atoms with Crippen molar-refractivity contribution in [3.05, 3.63) is 24.2 Å². The van der Waals surface area contributed by atoms with E-state index in [-0.39, 0.29) is 0 Å². The third kappa shape index (κ3) is 2.72. The number of hydrogen-bond acceptors (Lipinski definition) is 5. The van der Waals surface area contributed by atoms with Gasteiger partial charge in [-0.05, 0) is 13.8 Å². The molecule has 0 amide bonds. The molecule has 0 aliphatic carbocycles. The highest BCUT2D eigenvalue weighted by atomic mass is 15.3. The molecule has 0 saturated heterocycles. The zero-order chi connectivity index (χ0) is 12.3. The Morgan fingerprint density at radius 1 is 1.35 bits per heavy atom. The van der Waals surface area contributed by atoms with E-state index < -0.39 is 0 Å². The third-order valence-electron chi connectivity index (χ3n) is 2.27. The number of nitrogens with zero attached hydrogens (tertiary/aromatic N) is 4. The molecule has 0 aliphatic heterocycles. The van der Waals surface area contributed by atoms with E-state index in [1.165, 1.54) is 0 Å². The smallest absolute Gasteiger partial charge is 0.224 e. The van der Waals surface area contributed by atoms with E-state index in [1.807, 2.05) is 27.1 Å². The second-order valence-electron chi connectivity index (χ2n) is 3.78. The van der Waals surface area contributed by atoms with E-state index in [0.29, 0.717) is 5.95 Å². The van der Waals surface area contributed by atoms with E-state index >= 15 is 0 Å². The van der Waals surface area contributed by atoms with Crippen LogP contribution in [0.25, 0.3) is 0 Å². The van der Waals surface area contributed by atoms with Gasteiger partial charge in [0, 0.05) is 31.5 Å². The molecule has 2 rings (SSSR count). The summed E-state index contributed by atoms with van der Waals surface area (Å²) in [7, 11) is 1.88. The average molecular weight is 232 g/mol. The standard InChI is InChI=1S/C11H16N6/c1-4-12-11-13-5-8(2)10(16-11)15-9-6-14-17(3)7-9/h5-7H,4H2,1-3H3,(H2,12,13,15,16). The summed E-state index contributed by atoms with van der Waals surface area (Å²) in [6.45, 7) is 4.78. The zero-order valence-electron chi connectivity index (χ0n) is 10.2. The van der Waals surface area contributed by atoms with Crippen molar-refractivity contribution in [1.29, 1.82) is 0 Å². The molecule has 2 N–H and O–H groups in total. The van der Waals surface area contributed by atoms with Crippen LogP contribution in [0, 0.1) is 6.92 Å². The number of rotatable bonds is 4. The maximum Gasteiger partial charge on any atom is 0.224 e. The summed E-state index contributed by atoms with van der Waals surface area (Å²) >= 11 is 0. The van der Waals surface area contributed by atoms with Gasteiger partial charge in [0.2, 0.25) is 5.95 Å². The van der Waals surface area contributed by atoms with Gasteiger partial charge in [0.15, 0.2) is 0 Å². The molecule has 6 nitrogen and oxygen atoms in total. The van der Waals surface area contributed by atoms with Crippen molar-refractivity contribution < 1.29 is 0 Å². The number of anilines is 3. The van der Waals surface area contributed by atoms with Crippen molar-refractivity contribution in [3.8, 4) is 0 Å². The Morgan fingerprint density at radius 3 is 2.82 bits per heavy atom. The summed E-state index contributed by atoms with van der Waals surface area (Å²) in [5.74, 6) is 1.42. The van der Waals surface area contributed by atoms with Gasteiger partial charge in [-0.2, -0.15) is 10.1 Å². The van der Waals surface area contributed by atoms with Crippen molar-refractivity contribution in [2.24, 2.45) is 7.05 Å². The Hall–Kier alpha value is -2.11. The monoisotopic (exact) mass is 232 g/mol.